The Hall–Kier alpha value is -1.74. The fraction of sp³-hybridized carbons (Fsp3) is 0.286. The van der Waals surface area contributed by atoms with Gasteiger partial charge in [0.15, 0.2) is 0 Å². The first-order valence-corrected chi connectivity index (χ1v) is 6.93. The van der Waals surface area contributed by atoms with Crippen molar-refractivity contribution in [1.82, 2.24) is 5.32 Å². The van der Waals surface area contributed by atoms with Crippen LogP contribution in [0.15, 0.2) is 30.0 Å². The number of anilines is 1. The molecule has 1 aromatic rings. The Morgan fingerprint density at radius 1 is 1.43 bits per heavy atom. The first kappa shape index (κ1) is 17.3. The Balaban J connectivity index is 2.60. The van der Waals surface area contributed by atoms with Crippen molar-refractivity contribution in [1.29, 1.82) is 5.26 Å². The molecule has 1 aromatic carbocycles. The molecule has 21 heavy (non-hydrogen) atoms. The molecular formula is C14H15Cl2N3O2. The van der Waals surface area contributed by atoms with Crippen molar-refractivity contribution in [2.75, 3.05) is 25.6 Å². The van der Waals surface area contributed by atoms with Gasteiger partial charge in [-0.05, 0) is 24.6 Å². The maximum Gasteiger partial charge on any atom is 0.267 e. The number of rotatable bonds is 7. The molecule has 0 heterocycles. The third-order valence-corrected chi connectivity index (χ3v) is 3.20. The number of nitriles is 1. The molecule has 0 aliphatic carbocycles. The molecule has 0 aromatic heterocycles. The molecule has 0 aliphatic rings. The molecule has 0 spiro atoms. The number of nitrogens with one attached hydrogen (secondary N) is 2. The lowest BCUT2D eigenvalue weighted by atomic mass is 10.2. The number of methoxy groups -OCH3 is 1. The van der Waals surface area contributed by atoms with Gasteiger partial charge in [0.1, 0.15) is 11.6 Å². The van der Waals surface area contributed by atoms with Crippen molar-refractivity contribution in [2.45, 2.75) is 6.42 Å². The van der Waals surface area contributed by atoms with E-state index in [2.05, 4.69) is 10.6 Å². The minimum Gasteiger partial charge on any atom is -0.390 e. The molecule has 0 radical (unpaired) electrons. The number of benzene rings is 1. The van der Waals surface area contributed by atoms with Gasteiger partial charge in [0.25, 0.3) is 5.91 Å². The van der Waals surface area contributed by atoms with Crippen LogP contribution in [-0.4, -0.2) is 26.2 Å². The molecule has 1 amide bonds. The minimum absolute atomic E-state index is 0.0292. The van der Waals surface area contributed by atoms with Crippen LogP contribution >= 0.6 is 23.2 Å². The number of amides is 1. The lowest BCUT2D eigenvalue weighted by Crippen LogP contribution is -2.17. The monoisotopic (exact) mass is 327 g/mol. The molecule has 0 aliphatic heterocycles. The normalized spacial score (nSPS) is 10.9. The predicted octanol–water partition coefficient (Wildman–Crippen LogP) is 2.97. The van der Waals surface area contributed by atoms with Crippen LogP contribution < -0.4 is 10.6 Å². The highest BCUT2D eigenvalue weighted by atomic mass is 35.5. The standard InChI is InChI=1S/C14H15Cl2N3O2/c1-21-6-2-5-18-9-10(8-17)14(20)19-11-3-4-12(15)13(16)7-11/h3-4,7,9,18H,2,5-6H2,1H3,(H,19,20)/b10-9-. The smallest absolute Gasteiger partial charge is 0.267 e. The van der Waals surface area contributed by atoms with E-state index in [0.29, 0.717) is 28.9 Å². The summed E-state index contributed by atoms with van der Waals surface area (Å²) in [5.41, 5.74) is 0.438. The van der Waals surface area contributed by atoms with Gasteiger partial charge >= 0.3 is 0 Å². The van der Waals surface area contributed by atoms with Crippen molar-refractivity contribution >= 4 is 34.8 Å². The zero-order valence-corrected chi connectivity index (χ0v) is 13.0. The van der Waals surface area contributed by atoms with Crippen LogP contribution in [0, 0.1) is 11.3 Å². The van der Waals surface area contributed by atoms with Crippen molar-refractivity contribution < 1.29 is 9.53 Å². The molecular weight excluding hydrogens is 313 g/mol. The average Bonchev–Trinajstić information content (AvgIpc) is 2.46. The third kappa shape index (κ3) is 6.05. The van der Waals surface area contributed by atoms with Gasteiger partial charge in [-0.25, -0.2) is 0 Å². The molecule has 0 bridgehead atoms. The summed E-state index contributed by atoms with van der Waals surface area (Å²) >= 11 is 11.6. The van der Waals surface area contributed by atoms with E-state index in [9.17, 15) is 4.79 Å². The van der Waals surface area contributed by atoms with Crippen molar-refractivity contribution in [3.8, 4) is 6.07 Å². The zero-order chi connectivity index (χ0) is 15.7. The van der Waals surface area contributed by atoms with E-state index in [-0.39, 0.29) is 5.57 Å². The molecule has 112 valence electrons. The molecule has 7 heteroatoms. The third-order valence-electron chi connectivity index (χ3n) is 2.46. The highest BCUT2D eigenvalue weighted by Gasteiger charge is 2.10. The number of hydrogen-bond acceptors (Lipinski definition) is 4. The van der Waals surface area contributed by atoms with Crippen LogP contribution in [0.2, 0.25) is 10.0 Å². The number of nitrogens with zero attached hydrogens (tertiary/aromatic N) is 1. The topological polar surface area (TPSA) is 74.1 Å². The Morgan fingerprint density at radius 2 is 2.19 bits per heavy atom. The summed E-state index contributed by atoms with van der Waals surface area (Å²) in [4.78, 5) is 11.9. The van der Waals surface area contributed by atoms with Gasteiger partial charge in [-0.2, -0.15) is 5.26 Å². The van der Waals surface area contributed by atoms with Gasteiger partial charge in [-0.15, -0.1) is 0 Å². The SMILES string of the molecule is COCCCN/C=C(/C#N)C(=O)Nc1ccc(Cl)c(Cl)c1. The summed E-state index contributed by atoms with van der Waals surface area (Å²) in [6.45, 7) is 1.22. The maximum atomic E-state index is 11.9. The highest BCUT2D eigenvalue weighted by molar-refractivity contribution is 6.42. The summed E-state index contributed by atoms with van der Waals surface area (Å²) in [6, 6.07) is 6.52. The Morgan fingerprint density at radius 3 is 2.81 bits per heavy atom. The molecule has 0 fully saturated rings. The maximum absolute atomic E-state index is 11.9. The molecule has 0 atom stereocenters. The summed E-state index contributed by atoms with van der Waals surface area (Å²) in [7, 11) is 1.61. The van der Waals surface area contributed by atoms with Gasteiger partial charge in [0.2, 0.25) is 0 Å². The molecule has 2 N–H and O–H groups in total. The Kier molecular flexibility index (Phi) is 7.62. The second-order valence-corrected chi connectivity index (χ2v) is 4.87. The van der Waals surface area contributed by atoms with E-state index < -0.39 is 5.91 Å². The lowest BCUT2D eigenvalue weighted by Gasteiger charge is -2.06. The zero-order valence-electron chi connectivity index (χ0n) is 11.5. The van der Waals surface area contributed by atoms with Gasteiger partial charge in [-0.1, -0.05) is 23.2 Å². The number of carbonyl (C=O) groups excluding carboxylic acids is 1. The number of halogens is 2. The van der Waals surface area contributed by atoms with Crippen molar-refractivity contribution in [3.05, 3.63) is 40.0 Å². The summed E-state index contributed by atoms with van der Waals surface area (Å²) in [5, 5.41) is 15.2. The van der Waals surface area contributed by atoms with Crippen molar-refractivity contribution in [3.63, 3.8) is 0 Å². The molecule has 0 unspecified atom stereocenters. The van der Waals surface area contributed by atoms with Gasteiger partial charge in [0, 0.05) is 32.1 Å². The van der Waals surface area contributed by atoms with Gasteiger partial charge in [0.05, 0.1) is 10.0 Å². The molecule has 0 saturated carbocycles. The predicted molar refractivity (Wildman–Crippen MR) is 83.3 cm³/mol. The quantitative estimate of drug-likeness (QED) is 0.458. The molecule has 5 nitrogen and oxygen atoms in total. The molecule has 1 rings (SSSR count). The largest absolute Gasteiger partial charge is 0.390 e. The van der Waals surface area contributed by atoms with E-state index in [1.54, 1.807) is 19.2 Å². The van der Waals surface area contributed by atoms with Crippen LogP contribution in [0.25, 0.3) is 0 Å². The van der Waals surface area contributed by atoms with Crippen LogP contribution in [0.5, 0.6) is 0 Å². The van der Waals surface area contributed by atoms with Crippen LogP contribution in [0.4, 0.5) is 5.69 Å². The van der Waals surface area contributed by atoms with Crippen LogP contribution in [0.3, 0.4) is 0 Å². The van der Waals surface area contributed by atoms with E-state index in [4.69, 9.17) is 33.2 Å². The van der Waals surface area contributed by atoms with Gasteiger partial charge in [-0.3, -0.25) is 4.79 Å². The second-order valence-electron chi connectivity index (χ2n) is 4.05. The number of hydrogen-bond donors (Lipinski definition) is 2. The summed E-state index contributed by atoms with van der Waals surface area (Å²) in [5.74, 6) is -0.518. The van der Waals surface area contributed by atoms with Crippen LogP contribution in [-0.2, 0) is 9.53 Å². The summed E-state index contributed by atoms with van der Waals surface area (Å²) in [6.07, 6.45) is 2.16. The van der Waals surface area contributed by atoms with Crippen molar-refractivity contribution in [2.24, 2.45) is 0 Å². The molecule has 0 saturated heterocycles. The number of carbonyl (C=O) groups is 1. The summed E-state index contributed by atoms with van der Waals surface area (Å²) < 4.78 is 4.89. The van der Waals surface area contributed by atoms with Crippen LogP contribution in [0.1, 0.15) is 6.42 Å². The first-order chi connectivity index (χ1) is 10.1. The van der Waals surface area contributed by atoms with E-state index in [1.165, 1.54) is 12.3 Å². The Bertz CT molecular complexity index is 568. The fourth-order valence-electron chi connectivity index (χ4n) is 1.41. The Labute approximate surface area is 133 Å². The number of ether oxygens (including phenoxy) is 1. The first-order valence-electron chi connectivity index (χ1n) is 6.17. The van der Waals surface area contributed by atoms with Gasteiger partial charge < -0.3 is 15.4 Å². The van der Waals surface area contributed by atoms with E-state index >= 15 is 0 Å². The lowest BCUT2D eigenvalue weighted by molar-refractivity contribution is -0.112. The minimum atomic E-state index is -0.518. The van der Waals surface area contributed by atoms with E-state index in [1.807, 2.05) is 6.07 Å². The second kappa shape index (κ2) is 9.24. The highest BCUT2D eigenvalue weighted by Crippen LogP contribution is 2.25. The van der Waals surface area contributed by atoms with E-state index in [0.717, 1.165) is 6.42 Å². The fourth-order valence-corrected chi connectivity index (χ4v) is 1.71. The average molecular weight is 328 g/mol.